The second-order valence-corrected chi connectivity index (χ2v) is 3.73. The van der Waals surface area contributed by atoms with E-state index in [2.05, 4.69) is 5.32 Å². The van der Waals surface area contributed by atoms with Crippen molar-refractivity contribution in [3.8, 4) is 0 Å². The summed E-state index contributed by atoms with van der Waals surface area (Å²) in [5.41, 5.74) is 6.05. The van der Waals surface area contributed by atoms with Crippen LogP contribution in [0.4, 0.5) is 11.4 Å². The van der Waals surface area contributed by atoms with Crippen LogP contribution in [-0.4, -0.2) is 30.6 Å². The molecule has 1 unspecified atom stereocenters. The topological polar surface area (TPSA) is 107 Å². The molecule has 18 heavy (non-hydrogen) atoms. The van der Waals surface area contributed by atoms with Crippen molar-refractivity contribution in [1.29, 1.82) is 0 Å². The molecule has 1 aromatic carbocycles. The lowest BCUT2D eigenvalue weighted by atomic mass is 10.2. The number of benzene rings is 1. The molecule has 0 aromatic heterocycles. The van der Waals surface area contributed by atoms with Crippen molar-refractivity contribution in [1.82, 2.24) is 0 Å². The number of ether oxygens (including phenoxy) is 1. The van der Waals surface area contributed by atoms with E-state index in [1.54, 1.807) is 13.0 Å². The predicted molar refractivity (Wildman–Crippen MR) is 66.3 cm³/mol. The van der Waals surface area contributed by atoms with Crippen LogP contribution in [0.3, 0.4) is 0 Å². The normalized spacial score (nSPS) is 11.9. The number of carbonyl (C=O) groups is 1. The standard InChI is InChI=1S/C11H15N3O4/c1-7-3-4-8(9(5-7)14(16)17)13-11(15)10(6-12)18-2/h3-5,10H,6,12H2,1-2H3,(H,13,15). The van der Waals surface area contributed by atoms with Crippen LogP contribution in [0.2, 0.25) is 0 Å². The van der Waals surface area contributed by atoms with Gasteiger partial charge < -0.3 is 15.8 Å². The van der Waals surface area contributed by atoms with Gasteiger partial charge in [-0.25, -0.2) is 0 Å². The number of hydrogen-bond acceptors (Lipinski definition) is 5. The summed E-state index contributed by atoms with van der Waals surface area (Å²) < 4.78 is 4.85. The minimum absolute atomic E-state index is 0.00198. The van der Waals surface area contributed by atoms with Crippen molar-refractivity contribution in [2.24, 2.45) is 5.73 Å². The van der Waals surface area contributed by atoms with Gasteiger partial charge in [-0.1, -0.05) is 6.07 Å². The van der Waals surface area contributed by atoms with Crippen molar-refractivity contribution in [2.45, 2.75) is 13.0 Å². The zero-order chi connectivity index (χ0) is 13.7. The second-order valence-electron chi connectivity index (χ2n) is 3.73. The lowest BCUT2D eigenvalue weighted by Crippen LogP contribution is -2.36. The fourth-order valence-corrected chi connectivity index (χ4v) is 1.42. The van der Waals surface area contributed by atoms with Gasteiger partial charge in [0.15, 0.2) is 0 Å². The van der Waals surface area contributed by atoms with Crippen LogP contribution in [0.15, 0.2) is 18.2 Å². The number of amides is 1. The van der Waals surface area contributed by atoms with Crippen LogP contribution in [0.25, 0.3) is 0 Å². The SMILES string of the molecule is COC(CN)C(=O)Nc1ccc(C)cc1[N+](=O)[O-]. The molecule has 3 N–H and O–H groups in total. The molecular weight excluding hydrogens is 238 g/mol. The van der Waals surface area contributed by atoms with Gasteiger partial charge in [0.1, 0.15) is 11.8 Å². The molecule has 1 amide bonds. The highest BCUT2D eigenvalue weighted by atomic mass is 16.6. The third-order valence-corrected chi connectivity index (χ3v) is 2.40. The molecular formula is C11H15N3O4. The molecule has 0 spiro atoms. The zero-order valence-corrected chi connectivity index (χ0v) is 10.2. The van der Waals surface area contributed by atoms with E-state index < -0.39 is 16.9 Å². The Balaban J connectivity index is 2.97. The van der Waals surface area contributed by atoms with Crippen molar-refractivity contribution in [3.63, 3.8) is 0 Å². The number of nitrogens with two attached hydrogens (primary N) is 1. The van der Waals surface area contributed by atoms with Gasteiger partial charge in [-0.3, -0.25) is 14.9 Å². The van der Waals surface area contributed by atoms with Gasteiger partial charge in [0.2, 0.25) is 0 Å². The second kappa shape index (κ2) is 6.08. The Kier molecular flexibility index (Phi) is 4.75. The van der Waals surface area contributed by atoms with Gasteiger partial charge in [0, 0.05) is 19.7 Å². The third-order valence-electron chi connectivity index (χ3n) is 2.40. The maximum Gasteiger partial charge on any atom is 0.293 e. The number of carbonyl (C=O) groups excluding carboxylic acids is 1. The molecule has 0 fully saturated rings. The van der Waals surface area contributed by atoms with Crippen molar-refractivity contribution in [3.05, 3.63) is 33.9 Å². The highest BCUT2D eigenvalue weighted by Crippen LogP contribution is 2.25. The molecule has 1 aromatic rings. The highest BCUT2D eigenvalue weighted by Gasteiger charge is 2.20. The zero-order valence-electron chi connectivity index (χ0n) is 10.2. The Bertz CT molecular complexity index is 458. The van der Waals surface area contributed by atoms with Gasteiger partial charge in [0.05, 0.1) is 4.92 Å². The van der Waals surface area contributed by atoms with Crippen LogP contribution in [0.5, 0.6) is 0 Å². The number of hydrogen-bond donors (Lipinski definition) is 2. The number of nitro benzene ring substituents is 1. The van der Waals surface area contributed by atoms with Crippen LogP contribution in [-0.2, 0) is 9.53 Å². The number of methoxy groups -OCH3 is 1. The van der Waals surface area contributed by atoms with E-state index in [-0.39, 0.29) is 17.9 Å². The Morgan fingerprint density at radius 1 is 1.61 bits per heavy atom. The molecule has 0 aliphatic carbocycles. The molecule has 0 bridgehead atoms. The van der Waals surface area contributed by atoms with Crippen molar-refractivity contribution < 1.29 is 14.5 Å². The first-order valence-corrected chi connectivity index (χ1v) is 5.28. The van der Waals surface area contributed by atoms with E-state index in [1.165, 1.54) is 19.2 Å². The van der Waals surface area contributed by atoms with E-state index in [9.17, 15) is 14.9 Å². The van der Waals surface area contributed by atoms with Crippen molar-refractivity contribution in [2.75, 3.05) is 19.0 Å². The molecule has 98 valence electrons. The lowest BCUT2D eigenvalue weighted by molar-refractivity contribution is -0.384. The largest absolute Gasteiger partial charge is 0.370 e. The summed E-state index contributed by atoms with van der Waals surface area (Å²) in [6, 6.07) is 4.54. The number of nitrogens with one attached hydrogen (secondary N) is 1. The van der Waals surface area contributed by atoms with Crippen LogP contribution in [0.1, 0.15) is 5.56 Å². The van der Waals surface area contributed by atoms with Crippen LogP contribution >= 0.6 is 0 Å². The molecule has 0 saturated carbocycles. The van der Waals surface area contributed by atoms with E-state index in [4.69, 9.17) is 10.5 Å². The third kappa shape index (κ3) is 3.25. The van der Waals surface area contributed by atoms with Gasteiger partial charge in [-0.05, 0) is 18.6 Å². The number of anilines is 1. The average Bonchev–Trinajstić information content (AvgIpc) is 2.32. The predicted octanol–water partition coefficient (Wildman–Crippen LogP) is 0.815. The van der Waals surface area contributed by atoms with Crippen LogP contribution in [0, 0.1) is 17.0 Å². The quantitative estimate of drug-likeness (QED) is 0.596. The lowest BCUT2D eigenvalue weighted by Gasteiger charge is -2.13. The first kappa shape index (κ1) is 14.1. The van der Waals surface area contributed by atoms with Crippen LogP contribution < -0.4 is 11.1 Å². The Labute approximate surface area is 104 Å². The fourth-order valence-electron chi connectivity index (χ4n) is 1.42. The highest BCUT2D eigenvalue weighted by molar-refractivity contribution is 5.96. The van der Waals surface area contributed by atoms with Gasteiger partial charge in [0.25, 0.3) is 11.6 Å². The first-order chi connectivity index (χ1) is 8.49. The molecule has 1 rings (SSSR count). The molecule has 0 aliphatic rings. The Morgan fingerprint density at radius 2 is 2.28 bits per heavy atom. The summed E-state index contributed by atoms with van der Waals surface area (Å²) in [6.45, 7) is 1.73. The smallest absolute Gasteiger partial charge is 0.293 e. The Morgan fingerprint density at radius 3 is 2.78 bits per heavy atom. The number of aryl methyl sites for hydroxylation is 1. The molecule has 0 saturated heterocycles. The summed E-state index contributed by atoms with van der Waals surface area (Å²) in [5.74, 6) is -0.507. The number of rotatable bonds is 5. The number of nitrogens with zero attached hydrogens (tertiary/aromatic N) is 1. The van der Waals surface area contributed by atoms with E-state index in [0.717, 1.165) is 5.56 Å². The number of nitro groups is 1. The molecule has 7 heteroatoms. The van der Waals surface area contributed by atoms with E-state index in [1.807, 2.05) is 0 Å². The molecule has 7 nitrogen and oxygen atoms in total. The van der Waals surface area contributed by atoms with Gasteiger partial charge in [-0.2, -0.15) is 0 Å². The summed E-state index contributed by atoms with van der Waals surface area (Å²) >= 11 is 0. The van der Waals surface area contributed by atoms with Gasteiger partial charge in [-0.15, -0.1) is 0 Å². The van der Waals surface area contributed by atoms with Crippen molar-refractivity contribution >= 4 is 17.3 Å². The first-order valence-electron chi connectivity index (χ1n) is 5.28. The monoisotopic (exact) mass is 253 g/mol. The molecule has 1 atom stereocenters. The minimum Gasteiger partial charge on any atom is -0.370 e. The summed E-state index contributed by atoms with van der Waals surface area (Å²) in [7, 11) is 1.35. The summed E-state index contributed by atoms with van der Waals surface area (Å²) in [5, 5.41) is 13.3. The van der Waals surface area contributed by atoms with E-state index in [0.29, 0.717) is 0 Å². The fraction of sp³-hybridized carbons (Fsp3) is 0.364. The maximum absolute atomic E-state index is 11.7. The van der Waals surface area contributed by atoms with Gasteiger partial charge >= 0.3 is 0 Å². The molecule has 0 radical (unpaired) electrons. The minimum atomic E-state index is -0.828. The summed E-state index contributed by atoms with van der Waals surface area (Å²) in [4.78, 5) is 22.0. The average molecular weight is 253 g/mol. The van der Waals surface area contributed by atoms with E-state index >= 15 is 0 Å². The molecule has 0 heterocycles. The Hall–Kier alpha value is -1.99. The maximum atomic E-state index is 11.7. The molecule has 0 aliphatic heterocycles. The summed E-state index contributed by atoms with van der Waals surface area (Å²) in [6.07, 6.45) is -0.828.